The van der Waals surface area contributed by atoms with Gasteiger partial charge in [0.1, 0.15) is 5.75 Å². The van der Waals surface area contributed by atoms with Crippen molar-refractivity contribution in [1.82, 2.24) is 4.90 Å². The minimum atomic E-state index is -3.02. The molecule has 2 saturated heterocycles. The maximum atomic E-state index is 14.9. The lowest BCUT2D eigenvalue weighted by Crippen LogP contribution is -2.48. The van der Waals surface area contributed by atoms with E-state index in [1.54, 1.807) is 16.9 Å². The van der Waals surface area contributed by atoms with Crippen LogP contribution in [0.15, 0.2) is 66.7 Å². The highest BCUT2D eigenvalue weighted by atomic mass is 28.4. The number of nitrogens with zero attached hydrogens (tertiary/aromatic N) is 3. The number of methoxy groups -OCH3 is 1. The molecule has 0 saturated carbocycles. The van der Waals surface area contributed by atoms with Crippen molar-refractivity contribution in [2.24, 2.45) is 5.92 Å². The first kappa shape index (κ1) is 34.4. The molecule has 11 heteroatoms. The fourth-order valence-electron chi connectivity index (χ4n) is 8.92. The van der Waals surface area contributed by atoms with Crippen molar-refractivity contribution < 1.29 is 33.8 Å². The molecule has 2 N–H and O–H groups in total. The average molecular weight is 698 g/mol. The molecule has 10 nitrogen and oxygen atoms in total. The summed E-state index contributed by atoms with van der Waals surface area (Å²) in [5.41, 5.74) is 3.44. The van der Waals surface area contributed by atoms with E-state index in [1.165, 1.54) is 0 Å². The first-order valence-electron chi connectivity index (χ1n) is 17.7. The summed E-state index contributed by atoms with van der Waals surface area (Å²) in [6, 6.07) is 21.0. The minimum absolute atomic E-state index is 0.0182. The van der Waals surface area contributed by atoms with Gasteiger partial charge in [0.2, 0.25) is 11.8 Å². The first-order valence-corrected chi connectivity index (χ1v) is 20.8. The lowest BCUT2D eigenvalue weighted by molar-refractivity contribution is -0.151. The monoisotopic (exact) mass is 697 g/mol. The first-order chi connectivity index (χ1) is 24.0. The van der Waals surface area contributed by atoms with E-state index in [4.69, 9.17) is 9.47 Å². The smallest absolute Gasteiger partial charge is 0.264 e. The number of benzene rings is 3. The molecule has 3 aromatic carbocycles. The van der Waals surface area contributed by atoms with E-state index in [1.807, 2.05) is 91.6 Å². The number of amides is 3. The Hall–Kier alpha value is -4.03. The highest BCUT2D eigenvalue weighted by molar-refractivity contribution is 6.71. The van der Waals surface area contributed by atoms with Gasteiger partial charge in [-0.2, -0.15) is 0 Å². The molecule has 0 unspecified atom stereocenters. The van der Waals surface area contributed by atoms with Gasteiger partial charge >= 0.3 is 0 Å². The number of hydrogen-bond donors (Lipinski definition) is 2. The Morgan fingerprint density at radius 2 is 1.78 bits per heavy atom. The van der Waals surface area contributed by atoms with Crippen LogP contribution in [0.3, 0.4) is 0 Å². The molecule has 0 aliphatic carbocycles. The quantitative estimate of drug-likeness (QED) is 0.322. The summed E-state index contributed by atoms with van der Waals surface area (Å²) >= 11 is 0. The zero-order valence-corrected chi connectivity index (χ0v) is 30.3. The maximum absolute atomic E-state index is 14.9. The number of fused-ring (bicyclic) bond motifs is 3. The summed E-state index contributed by atoms with van der Waals surface area (Å²) in [6.45, 7) is 6.87. The highest BCUT2D eigenvalue weighted by Crippen LogP contribution is 2.60. The van der Waals surface area contributed by atoms with Gasteiger partial charge in [-0.25, -0.2) is 0 Å². The van der Waals surface area contributed by atoms with Gasteiger partial charge in [0.15, 0.2) is 13.9 Å². The van der Waals surface area contributed by atoms with Crippen molar-refractivity contribution in [2.45, 2.75) is 88.5 Å². The van der Waals surface area contributed by atoms with Gasteiger partial charge < -0.3 is 34.1 Å². The predicted octanol–water partition coefficient (Wildman–Crippen LogP) is 4.89. The van der Waals surface area contributed by atoms with E-state index >= 15 is 0 Å². The van der Waals surface area contributed by atoms with Crippen molar-refractivity contribution in [3.63, 3.8) is 0 Å². The number of aliphatic hydroxyl groups is 1. The van der Waals surface area contributed by atoms with E-state index in [0.717, 1.165) is 35.2 Å². The fourth-order valence-corrected chi connectivity index (χ4v) is 11.5. The second kappa shape index (κ2) is 13.3. The van der Waals surface area contributed by atoms with Crippen LogP contribution < -0.4 is 14.5 Å². The third-order valence-electron chi connectivity index (χ3n) is 11.4. The van der Waals surface area contributed by atoms with Crippen molar-refractivity contribution >= 4 is 37.4 Å². The molecule has 4 aliphatic heterocycles. The van der Waals surface area contributed by atoms with E-state index in [-0.39, 0.29) is 43.3 Å². The van der Waals surface area contributed by atoms with Crippen LogP contribution in [0.4, 0.5) is 11.4 Å². The van der Waals surface area contributed by atoms with E-state index in [2.05, 4.69) is 0 Å². The Bertz CT molecular complexity index is 1790. The largest absolute Gasteiger partial charge is 0.497 e. The number of carbonyl (C=O) groups is 3. The van der Waals surface area contributed by atoms with Crippen LogP contribution in [-0.4, -0.2) is 73.2 Å². The zero-order valence-electron chi connectivity index (χ0n) is 29.3. The van der Waals surface area contributed by atoms with E-state index in [9.17, 15) is 24.3 Å². The molecule has 3 amide bonds. The zero-order chi connectivity index (χ0) is 35.4. The Morgan fingerprint density at radius 3 is 2.46 bits per heavy atom. The van der Waals surface area contributed by atoms with Gasteiger partial charge in [0, 0.05) is 42.2 Å². The molecule has 264 valence electrons. The van der Waals surface area contributed by atoms with Crippen LogP contribution in [-0.2, 0) is 44.2 Å². The SMILES string of the molecule is COc1ccc2c(c1)[C@]1(O[C@@H](CC(=O)N3Cc4ccccc4C[C@H]3CO)[C@H]([Si](C)(C)O)[C@H]1C)C(=O)N2Cc1ccc(N2CCCCC2=O)cc1. The van der Waals surface area contributed by atoms with Crippen molar-refractivity contribution in [3.05, 3.63) is 89.0 Å². The number of rotatable bonds is 8. The van der Waals surface area contributed by atoms with Gasteiger partial charge in [-0.15, -0.1) is 0 Å². The predicted molar refractivity (Wildman–Crippen MR) is 192 cm³/mol. The summed E-state index contributed by atoms with van der Waals surface area (Å²) in [4.78, 5) is 58.6. The Kier molecular flexibility index (Phi) is 9.13. The lowest BCUT2D eigenvalue weighted by atomic mass is 9.82. The van der Waals surface area contributed by atoms with Gasteiger partial charge in [-0.1, -0.05) is 43.3 Å². The number of aliphatic hydroxyl groups excluding tert-OH is 1. The molecule has 3 aromatic rings. The molecule has 7 rings (SSSR count). The number of anilines is 2. The lowest BCUT2D eigenvalue weighted by Gasteiger charge is -2.37. The van der Waals surface area contributed by atoms with E-state index in [0.29, 0.717) is 42.9 Å². The molecule has 1 spiro atoms. The summed E-state index contributed by atoms with van der Waals surface area (Å²) < 4.78 is 12.6. The molecule has 2 fully saturated rings. The van der Waals surface area contributed by atoms with Crippen molar-refractivity contribution in [3.8, 4) is 5.75 Å². The maximum Gasteiger partial charge on any atom is 0.264 e. The molecule has 5 atom stereocenters. The molecule has 0 bridgehead atoms. The topological polar surface area (TPSA) is 120 Å². The van der Waals surface area contributed by atoms with Crippen LogP contribution in [0.5, 0.6) is 5.75 Å². The van der Waals surface area contributed by atoms with Gasteiger partial charge in [-0.05, 0) is 79.4 Å². The van der Waals surface area contributed by atoms with E-state index < -0.39 is 31.5 Å². The van der Waals surface area contributed by atoms with Gasteiger partial charge in [0.25, 0.3) is 5.91 Å². The van der Waals surface area contributed by atoms with Gasteiger partial charge in [-0.3, -0.25) is 14.4 Å². The summed E-state index contributed by atoms with van der Waals surface area (Å²) in [6.07, 6.45) is 2.27. The number of carbonyl (C=O) groups excluding carboxylic acids is 3. The fraction of sp³-hybridized carbons (Fsp3) is 0.462. The molecule has 50 heavy (non-hydrogen) atoms. The normalized spacial score (nSPS) is 26.4. The summed E-state index contributed by atoms with van der Waals surface area (Å²) in [5.74, 6) is -0.138. The molecular formula is C39H47N3O7Si. The Balaban J connectivity index is 1.20. The van der Waals surface area contributed by atoms with Gasteiger partial charge in [0.05, 0.1) is 44.5 Å². The number of ether oxygens (including phenoxy) is 2. The number of piperidine rings is 1. The standard InChI is InChI=1S/C39H47N3O7Si/c1-25-37(50(3,4)47)34(21-36(45)41-23-28-10-6-5-9-27(28)19-30(41)24-43)49-39(25)32-20-31(48-2)16-17-33(32)42(38(39)46)22-26-12-14-29(15-13-26)40-18-8-7-11-35(40)44/h5-6,9-10,12-17,20,25,30,34,37,43,47H,7-8,11,18-19,21-24H2,1-4H3/t25-,30+,34+,37-,39+/m1/s1. The molecule has 0 aromatic heterocycles. The van der Waals surface area contributed by atoms with Crippen LogP contribution in [0.2, 0.25) is 18.6 Å². The summed E-state index contributed by atoms with van der Waals surface area (Å²) in [7, 11) is -1.44. The minimum Gasteiger partial charge on any atom is -0.497 e. The third kappa shape index (κ3) is 5.83. The molecule has 0 radical (unpaired) electrons. The molecule has 4 aliphatic rings. The average Bonchev–Trinajstić information content (AvgIpc) is 3.53. The Morgan fingerprint density at radius 1 is 1.04 bits per heavy atom. The summed E-state index contributed by atoms with van der Waals surface area (Å²) in [5, 5.41) is 10.3. The van der Waals surface area contributed by atoms with Crippen molar-refractivity contribution in [1.29, 1.82) is 0 Å². The van der Waals surface area contributed by atoms with Crippen LogP contribution in [0, 0.1) is 5.92 Å². The van der Waals surface area contributed by atoms with Crippen LogP contribution in [0.1, 0.15) is 54.9 Å². The third-order valence-corrected chi connectivity index (χ3v) is 13.9. The second-order valence-corrected chi connectivity index (χ2v) is 18.8. The van der Waals surface area contributed by atoms with Crippen LogP contribution in [0.25, 0.3) is 0 Å². The Labute approximate surface area is 294 Å². The molecule has 4 heterocycles. The second-order valence-electron chi connectivity index (χ2n) is 14.8. The number of hydrogen-bond acceptors (Lipinski definition) is 7. The molecular weight excluding hydrogens is 651 g/mol. The highest BCUT2D eigenvalue weighted by Gasteiger charge is 2.66. The van der Waals surface area contributed by atoms with Crippen LogP contribution >= 0.6 is 0 Å². The van der Waals surface area contributed by atoms with Crippen molar-refractivity contribution in [2.75, 3.05) is 30.1 Å².